The average molecular weight is 340 g/mol. The highest BCUT2D eigenvalue weighted by molar-refractivity contribution is 9.09. The minimum atomic E-state index is 0.167. The predicted octanol–water partition coefficient (Wildman–Crippen LogP) is 5.43. The van der Waals surface area contributed by atoms with Crippen LogP contribution in [0, 0.1) is 5.41 Å². The monoisotopic (exact) mass is 338 g/mol. The van der Waals surface area contributed by atoms with Crippen molar-refractivity contribution in [2.45, 2.75) is 31.2 Å². The topological polar surface area (TPSA) is 9.23 Å². The molecule has 2 atom stereocenters. The van der Waals surface area contributed by atoms with Gasteiger partial charge in [-0.25, -0.2) is 0 Å². The van der Waals surface area contributed by atoms with E-state index in [1.807, 2.05) is 30.3 Å². The van der Waals surface area contributed by atoms with Crippen LogP contribution in [-0.4, -0.2) is 10.9 Å². The van der Waals surface area contributed by atoms with Crippen LogP contribution in [0.3, 0.4) is 0 Å². The van der Waals surface area contributed by atoms with E-state index in [1.54, 1.807) is 0 Å². The molecule has 0 amide bonds. The van der Waals surface area contributed by atoms with Crippen LogP contribution in [0.2, 0.25) is 5.02 Å². The van der Waals surface area contributed by atoms with E-state index in [0.29, 0.717) is 4.83 Å². The summed E-state index contributed by atoms with van der Waals surface area (Å²) in [6.45, 7) is 4.47. The Morgan fingerprint density at radius 2 is 1.84 bits per heavy atom. The zero-order valence-electron chi connectivity index (χ0n) is 11.0. The normalized spacial score (nSPS) is 25.1. The summed E-state index contributed by atoms with van der Waals surface area (Å²) >= 11 is 9.93. The second kappa shape index (κ2) is 4.68. The number of ether oxygens (including phenoxy) is 1. The van der Waals surface area contributed by atoms with E-state index in [9.17, 15) is 0 Å². The lowest BCUT2D eigenvalue weighted by Crippen LogP contribution is -2.53. The third-order valence-corrected chi connectivity index (χ3v) is 6.04. The van der Waals surface area contributed by atoms with Crippen LogP contribution in [0.15, 0.2) is 36.4 Å². The van der Waals surface area contributed by atoms with Gasteiger partial charge in [0.05, 0.1) is 0 Å². The van der Waals surface area contributed by atoms with Crippen molar-refractivity contribution in [2.75, 3.05) is 0 Å². The van der Waals surface area contributed by atoms with E-state index in [1.165, 1.54) is 0 Å². The second-order valence-electron chi connectivity index (χ2n) is 5.72. The molecular weight excluding hydrogens is 324 g/mol. The number of rotatable bonds is 2. The standard InChI is InChI=1S/C16H16BrClO/c1-16(2)14(17)9-15(16)19-13-8-7-12(18)10-5-3-4-6-11(10)13/h3-8,14-15H,9H2,1-2H3. The van der Waals surface area contributed by atoms with Gasteiger partial charge in [0, 0.05) is 26.0 Å². The fraction of sp³-hybridized carbons (Fsp3) is 0.375. The number of alkyl halides is 1. The molecular formula is C16H16BrClO. The molecule has 3 heteroatoms. The summed E-state index contributed by atoms with van der Waals surface area (Å²) in [5.41, 5.74) is 0.167. The molecule has 1 aliphatic rings. The van der Waals surface area contributed by atoms with Crippen molar-refractivity contribution < 1.29 is 4.74 Å². The molecule has 0 radical (unpaired) electrons. The van der Waals surface area contributed by atoms with Gasteiger partial charge in [-0.3, -0.25) is 0 Å². The Bertz CT molecular complexity index is 623. The lowest BCUT2D eigenvalue weighted by Gasteiger charge is -2.48. The fourth-order valence-electron chi connectivity index (χ4n) is 2.53. The SMILES string of the molecule is CC1(C)C(Br)CC1Oc1ccc(Cl)c2ccccc12. The molecule has 0 spiro atoms. The first-order chi connectivity index (χ1) is 9.00. The third-order valence-electron chi connectivity index (χ3n) is 4.16. The van der Waals surface area contributed by atoms with E-state index in [-0.39, 0.29) is 11.5 Å². The van der Waals surface area contributed by atoms with Crippen LogP contribution >= 0.6 is 27.5 Å². The van der Waals surface area contributed by atoms with Gasteiger partial charge in [-0.05, 0) is 18.6 Å². The molecule has 1 fully saturated rings. The first kappa shape index (κ1) is 13.3. The first-order valence-corrected chi connectivity index (χ1v) is 7.77. The van der Waals surface area contributed by atoms with Gasteiger partial charge in [0.25, 0.3) is 0 Å². The Balaban J connectivity index is 1.97. The molecule has 19 heavy (non-hydrogen) atoms. The second-order valence-corrected chi connectivity index (χ2v) is 7.23. The number of halogens is 2. The molecule has 2 unspecified atom stereocenters. The largest absolute Gasteiger partial charge is 0.489 e. The van der Waals surface area contributed by atoms with E-state index >= 15 is 0 Å². The van der Waals surface area contributed by atoms with Gasteiger partial charge < -0.3 is 4.74 Å². The van der Waals surface area contributed by atoms with Crippen LogP contribution in [0.5, 0.6) is 5.75 Å². The summed E-state index contributed by atoms with van der Waals surface area (Å²) in [6.07, 6.45) is 1.30. The van der Waals surface area contributed by atoms with Gasteiger partial charge in [0.15, 0.2) is 0 Å². The van der Waals surface area contributed by atoms with E-state index in [2.05, 4.69) is 35.8 Å². The van der Waals surface area contributed by atoms with Gasteiger partial charge in [-0.15, -0.1) is 0 Å². The Morgan fingerprint density at radius 1 is 1.16 bits per heavy atom. The van der Waals surface area contributed by atoms with E-state index in [0.717, 1.165) is 28.0 Å². The molecule has 0 bridgehead atoms. The Morgan fingerprint density at radius 3 is 2.47 bits per heavy atom. The number of fused-ring (bicyclic) bond motifs is 1. The number of benzene rings is 2. The summed E-state index contributed by atoms with van der Waals surface area (Å²) in [4.78, 5) is 0.531. The molecule has 1 saturated carbocycles. The average Bonchev–Trinajstić information content (AvgIpc) is 2.41. The van der Waals surface area contributed by atoms with E-state index < -0.39 is 0 Å². The number of hydrogen-bond donors (Lipinski definition) is 0. The molecule has 2 aromatic carbocycles. The van der Waals surface area contributed by atoms with Gasteiger partial charge in [-0.2, -0.15) is 0 Å². The highest BCUT2D eigenvalue weighted by atomic mass is 79.9. The van der Waals surface area contributed by atoms with Crippen molar-refractivity contribution in [3.8, 4) is 5.75 Å². The summed E-state index contributed by atoms with van der Waals surface area (Å²) in [6, 6.07) is 12.0. The maximum absolute atomic E-state index is 6.23. The maximum Gasteiger partial charge on any atom is 0.127 e. The summed E-state index contributed by atoms with van der Waals surface area (Å²) in [7, 11) is 0. The molecule has 2 aromatic rings. The van der Waals surface area contributed by atoms with Gasteiger partial charge in [0.2, 0.25) is 0 Å². The molecule has 1 nitrogen and oxygen atoms in total. The Kier molecular flexibility index (Phi) is 3.26. The minimum Gasteiger partial charge on any atom is -0.489 e. The predicted molar refractivity (Wildman–Crippen MR) is 84.5 cm³/mol. The van der Waals surface area contributed by atoms with Crippen molar-refractivity contribution >= 4 is 38.3 Å². The van der Waals surface area contributed by atoms with Gasteiger partial charge in [0.1, 0.15) is 11.9 Å². The lowest BCUT2D eigenvalue weighted by molar-refractivity contribution is -0.00675. The van der Waals surface area contributed by atoms with Crippen LogP contribution < -0.4 is 4.74 Å². The quantitative estimate of drug-likeness (QED) is 0.663. The van der Waals surface area contributed by atoms with E-state index in [4.69, 9.17) is 16.3 Å². The summed E-state index contributed by atoms with van der Waals surface area (Å²) < 4.78 is 6.22. The molecule has 3 rings (SSSR count). The molecule has 100 valence electrons. The summed E-state index contributed by atoms with van der Waals surface area (Å²) in [5, 5.41) is 2.91. The molecule has 0 saturated heterocycles. The zero-order valence-corrected chi connectivity index (χ0v) is 13.3. The minimum absolute atomic E-state index is 0.167. The smallest absolute Gasteiger partial charge is 0.127 e. The highest BCUT2D eigenvalue weighted by Gasteiger charge is 2.48. The van der Waals surface area contributed by atoms with Crippen molar-refractivity contribution in [3.63, 3.8) is 0 Å². The lowest BCUT2D eigenvalue weighted by atomic mass is 9.69. The first-order valence-electron chi connectivity index (χ1n) is 6.48. The Labute approximate surface area is 127 Å². The van der Waals surface area contributed by atoms with Crippen LogP contribution in [0.1, 0.15) is 20.3 Å². The van der Waals surface area contributed by atoms with Crippen molar-refractivity contribution in [1.29, 1.82) is 0 Å². The van der Waals surface area contributed by atoms with Crippen molar-refractivity contribution in [1.82, 2.24) is 0 Å². The molecule has 0 heterocycles. The van der Waals surface area contributed by atoms with Crippen LogP contribution in [-0.2, 0) is 0 Å². The van der Waals surface area contributed by atoms with Crippen LogP contribution in [0.25, 0.3) is 10.8 Å². The maximum atomic E-state index is 6.23. The van der Waals surface area contributed by atoms with Crippen LogP contribution in [0.4, 0.5) is 0 Å². The van der Waals surface area contributed by atoms with Gasteiger partial charge >= 0.3 is 0 Å². The molecule has 1 aliphatic carbocycles. The van der Waals surface area contributed by atoms with Crippen molar-refractivity contribution in [3.05, 3.63) is 41.4 Å². The third kappa shape index (κ3) is 2.15. The number of hydrogen-bond acceptors (Lipinski definition) is 1. The Hall–Kier alpha value is -0.730. The molecule has 0 aliphatic heterocycles. The van der Waals surface area contributed by atoms with Crippen molar-refractivity contribution in [2.24, 2.45) is 5.41 Å². The highest BCUT2D eigenvalue weighted by Crippen LogP contribution is 2.48. The fourth-order valence-corrected chi connectivity index (χ4v) is 3.39. The zero-order chi connectivity index (χ0) is 13.6. The molecule has 0 aromatic heterocycles. The summed E-state index contributed by atoms with van der Waals surface area (Å²) in [5.74, 6) is 0.928. The van der Waals surface area contributed by atoms with Gasteiger partial charge in [-0.1, -0.05) is 65.6 Å². The molecule has 0 N–H and O–H groups in total.